The first-order chi connectivity index (χ1) is 8.72. The maximum absolute atomic E-state index is 12.3. The van der Waals surface area contributed by atoms with Crippen molar-refractivity contribution in [2.45, 2.75) is 31.2 Å². The van der Waals surface area contributed by atoms with Crippen LogP contribution in [-0.4, -0.2) is 27.7 Å². The number of aryl methyl sites for hydroxylation is 1. The van der Waals surface area contributed by atoms with Gasteiger partial charge in [-0.25, -0.2) is 13.1 Å². The summed E-state index contributed by atoms with van der Waals surface area (Å²) in [4.78, 5) is 0.121. The molecule has 5 nitrogen and oxygen atoms in total. The van der Waals surface area contributed by atoms with E-state index in [2.05, 4.69) is 4.72 Å². The molecule has 1 aromatic carbocycles. The van der Waals surface area contributed by atoms with Crippen LogP contribution in [0, 0.1) is 18.3 Å². The van der Waals surface area contributed by atoms with Gasteiger partial charge >= 0.3 is 0 Å². The summed E-state index contributed by atoms with van der Waals surface area (Å²) in [6, 6.07) is 6.53. The highest BCUT2D eigenvalue weighted by molar-refractivity contribution is 7.89. The molecule has 0 aliphatic rings. The number of hydrogen-bond donors (Lipinski definition) is 1. The zero-order valence-electron chi connectivity index (χ0n) is 11.5. The highest BCUT2D eigenvalue weighted by Gasteiger charge is 2.27. The van der Waals surface area contributed by atoms with E-state index in [0.29, 0.717) is 11.1 Å². The van der Waals surface area contributed by atoms with Gasteiger partial charge in [0.25, 0.3) is 0 Å². The molecule has 0 amide bonds. The van der Waals surface area contributed by atoms with Crippen LogP contribution in [-0.2, 0) is 14.8 Å². The monoisotopic (exact) mass is 282 g/mol. The summed E-state index contributed by atoms with van der Waals surface area (Å²) in [5.41, 5.74) is 0.193. The molecule has 0 radical (unpaired) electrons. The standard InChI is InChI=1S/C13H18N2O3S/c1-10-5-6-11(8-14)7-12(10)19(16,17)15-13(2,3)9-18-4/h5-7,15H,9H2,1-4H3. The van der Waals surface area contributed by atoms with Crippen molar-refractivity contribution in [3.05, 3.63) is 29.3 Å². The van der Waals surface area contributed by atoms with Crippen LogP contribution in [0.15, 0.2) is 23.1 Å². The zero-order valence-corrected chi connectivity index (χ0v) is 12.3. The Morgan fingerprint density at radius 1 is 1.42 bits per heavy atom. The van der Waals surface area contributed by atoms with Crippen LogP contribution in [0.1, 0.15) is 25.0 Å². The predicted octanol–water partition coefficient (Wildman–Crippen LogP) is 1.57. The Labute approximate surface area is 114 Å². The Balaban J connectivity index is 3.18. The van der Waals surface area contributed by atoms with Crippen LogP contribution < -0.4 is 4.72 Å². The Kier molecular flexibility index (Phi) is 4.69. The van der Waals surface area contributed by atoms with Crippen LogP contribution in [0.25, 0.3) is 0 Å². The number of nitrogens with zero attached hydrogens (tertiary/aromatic N) is 1. The summed E-state index contributed by atoms with van der Waals surface area (Å²) < 4.78 is 32.2. The summed E-state index contributed by atoms with van der Waals surface area (Å²) in [6.07, 6.45) is 0. The summed E-state index contributed by atoms with van der Waals surface area (Å²) in [5.74, 6) is 0. The lowest BCUT2D eigenvalue weighted by Crippen LogP contribution is -2.46. The van der Waals surface area contributed by atoms with Gasteiger partial charge < -0.3 is 4.74 Å². The van der Waals surface area contributed by atoms with E-state index >= 15 is 0 Å². The number of sulfonamides is 1. The minimum absolute atomic E-state index is 0.121. The maximum atomic E-state index is 12.3. The fraction of sp³-hybridized carbons (Fsp3) is 0.462. The van der Waals surface area contributed by atoms with Gasteiger partial charge in [-0.3, -0.25) is 0 Å². The molecule has 0 fully saturated rings. The first-order valence-electron chi connectivity index (χ1n) is 5.75. The quantitative estimate of drug-likeness (QED) is 0.889. The van der Waals surface area contributed by atoms with E-state index in [4.69, 9.17) is 10.00 Å². The highest BCUT2D eigenvalue weighted by Crippen LogP contribution is 2.19. The molecule has 6 heteroatoms. The van der Waals surface area contributed by atoms with Gasteiger partial charge in [0.2, 0.25) is 10.0 Å². The van der Waals surface area contributed by atoms with Crippen molar-refractivity contribution in [3.8, 4) is 6.07 Å². The Hall–Kier alpha value is -1.42. The van der Waals surface area contributed by atoms with Crippen molar-refractivity contribution in [2.24, 2.45) is 0 Å². The summed E-state index contributed by atoms with van der Waals surface area (Å²) in [7, 11) is -2.17. The van der Waals surface area contributed by atoms with Crippen molar-refractivity contribution < 1.29 is 13.2 Å². The number of nitrogens with one attached hydrogen (secondary N) is 1. The number of nitriles is 1. The minimum Gasteiger partial charge on any atom is -0.383 e. The zero-order chi connectivity index (χ0) is 14.7. The SMILES string of the molecule is COCC(C)(C)NS(=O)(=O)c1cc(C#N)ccc1C. The van der Waals surface area contributed by atoms with Crippen LogP contribution in [0.4, 0.5) is 0 Å². The van der Waals surface area contributed by atoms with Gasteiger partial charge in [0.1, 0.15) is 0 Å². The summed E-state index contributed by atoms with van der Waals surface area (Å²) in [6.45, 7) is 5.41. The van der Waals surface area contributed by atoms with Crippen molar-refractivity contribution in [1.82, 2.24) is 4.72 Å². The molecular weight excluding hydrogens is 264 g/mol. The van der Waals surface area contributed by atoms with Crippen molar-refractivity contribution >= 4 is 10.0 Å². The van der Waals surface area contributed by atoms with Gasteiger partial charge in [0, 0.05) is 7.11 Å². The molecule has 0 aliphatic heterocycles. The topological polar surface area (TPSA) is 79.2 Å². The van der Waals surface area contributed by atoms with Crippen LogP contribution in [0.3, 0.4) is 0 Å². The summed E-state index contributed by atoms with van der Waals surface area (Å²) >= 11 is 0. The van der Waals surface area contributed by atoms with Gasteiger partial charge in [-0.2, -0.15) is 5.26 Å². The van der Waals surface area contributed by atoms with E-state index in [1.165, 1.54) is 13.2 Å². The molecule has 1 aromatic rings. The number of benzene rings is 1. The molecule has 0 aliphatic carbocycles. The number of ether oxygens (including phenoxy) is 1. The third-order valence-electron chi connectivity index (χ3n) is 2.52. The van der Waals surface area contributed by atoms with Crippen LogP contribution in [0.5, 0.6) is 0 Å². The molecule has 104 valence electrons. The van der Waals surface area contributed by atoms with Gasteiger partial charge in [-0.15, -0.1) is 0 Å². The van der Waals surface area contributed by atoms with Gasteiger partial charge in [0.15, 0.2) is 0 Å². The molecule has 1 N–H and O–H groups in total. The molecular formula is C13H18N2O3S. The maximum Gasteiger partial charge on any atom is 0.241 e. The van der Waals surface area contributed by atoms with E-state index in [0.717, 1.165) is 0 Å². The highest BCUT2D eigenvalue weighted by atomic mass is 32.2. The fourth-order valence-electron chi connectivity index (χ4n) is 1.77. The lowest BCUT2D eigenvalue weighted by Gasteiger charge is -2.25. The third kappa shape index (κ3) is 4.03. The number of rotatable bonds is 5. The molecule has 0 unspecified atom stereocenters. The second-order valence-electron chi connectivity index (χ2n) is 5.01. The van der Waals surface area contributed by atoms with Gasteiger partial charge in [-0.1, -0.05) is 6.07 Å². The Morgan fingerprint density at radius 2 is 2.05 bits per heavy atom. The number of methoxy groups -OCH3 is 1. The van der Waals surface area contributed by atoms with Crippen molar-refractivity contribution in [1.29, 1.82) is 5.26 Å². The average molecular weight is 282 g/mol. The largest absolute Gasteiger partial charge is 0.383 e. The smallest absolute Gasteiger partial charge is 0.241 e. The van der Waals surface area contributed by atoms with E-state index in [1.54, 1.807) is 32.9 Å². The molecule has 0 spiro atoms. The van der Waals surface area contributed by atoms with Crippen molar-refractivity contribution in [3.63, 3.8) is 0 Å². The lowest BCUT2D eigenvalue weighted by atomic mass is 10.1. The average Bonchev–Trinajstić information content (AvgIpc) is 2.27. The van der Waals surface area contributed by atoms with Gasteiger partial charge in [-0.05, 0) is 38.5 Å². The van der Waals surface area contributed by atoms with Crippen LogP contribution in [0.2, 0.25) is 0 Å². The molecule has 0 saturated heterocycles. The molecule has 19 heavy (non-hydrogen) atoms. The minimum atomic E-state index is -3.68. The summed E-state index contributed by atoms with van der Waals surface area (Å²) in [5, 5.41) is 8.85. The third-order valence-corrected chi connectivity index (χ3v) is 4.36. The Bertz CT molecular complexity index is 601. The molecule has 0 saturated carbocycles. The first-order valence-corrected chi connectivity index (χ1v) is 7.24. The normalized spacial score (nSPS) is 12.2. The molecule has 0 bridgehead atoms. The van der Waals surface area contributed by atoms with Crippen molar-refractivity contribution in [2.75, 3.05) is 13.7 Å². The molecule has 0 atom stereocenters. The molecule has 1 rings (SSSR count). The fourth-order valence-corrected chi connectivity index (χ4v) is 3.44. The second kappa shape index (κ2) is 5.70. The van der Waals surface area contributed by atoms with E-state index in [-0.39, 0.29) is 11.5 Å². The second-order valence-corrected chi connectivity index (χ2v) is 6.67. The first kappa shape index (κ1) is 15.6. The van der Waals surface area contributed by atoms with E-state index in [1.807, 2.05) is 6.07 Å². The number of hydrogen-bond acceptors (Lipinski definition) is 4. The predicted molar refractivity (Wildman–Crippen MR) is 72.2 cm³/mol. The lowest BCUT2D eigenvalue weighted by molar-refractivity contribution is 0.141. The van der Waals surface area contributed by atoms with Gasteiger partial charge in [0.05, 0.1) is 28.7 Å². The van der Waals surface area contributed by atoms with E-state index in [9.17, 15) is 8.42 Å². The molecule has 0 aromatic heterocycles. The van der Waals surface area contributed by atoms with Crippen LogP contribution >= 0.6 is 0 Å². The Morgan fingerprint density at radius 3 is 2.58 bits per heavy atom. The molecule has 0 heterocycles. The van der Waals surface area contributed by atoms with E-state index < -0.39 is 15.6 Å².